The Hall–Kier alpha value is -1.64. The van der Waals surface area contributed by atoms with E-state index < -0.39 is 0 Å². The Morgan fingerprint density at radius 2 is 2.05 bits per heavy atom. The predicted octanol–water partition coefficient (Wildman–Crippen LogP) is 3.27. The fraction of sp³-hybridized carbons (Fsp3) is 0.529. The molecule has 2 rings (SSSR count). The van der Waals surface area contributed by atoms with Crippen LogP contribution in [0.1, 0.15) is 44.6 Å². The van der Waals surface area contributed by atoms with E-state index in [1.807, 2.05) is 18.2 Å². The second-order valence-electron chi connectivity index (χ2n) is 5.70. The highest BCUT2D eigenvalue weighted by Crippen LogP contribution is 2.41. The first-order valence-corrected chi connectivity index (χ1v) is 7.34. The molecule has 0 amide bonds. The van der Waals surface area contributed by atoms with E-state index in [1.54, 1.807) is 0 Å². The van der Waals surface area contributed by atoms with Crippen LogP contribution in [0, 0.1) is 5.92 Å². The monoisotopic (exact) mass is 274 g/mol. The van der Waals surface area contributed by atoms with Gasteiger partial charge in [0, 0.05) is 11.8 Å². The highest BCUT2D eigenvalue weighted by atomic mass is 16.5. The molecule has 0 radical (unpaired) electrons. The average molecular weight is 274 g/mol. The normalized spacial score (nSPS) is 21.2. The molecule has 108 valence electrons. The SMILES string of the molecule is CC(CCCCC=O)(c1ccccc1)C1CCOC1=O. The minimum atomic E-state index is -0.197. The predicted molar refractivity (Wildman–Crippen MR) is 77.4 cm³/mol. The largest absolute Gasteiger partial charge is 0.465 e. The number of hydrogen-bond donors (Lipinski definition) is 0. The van der Waals surface area contributed by atoms with E-state index in [9.17, 15) is 9.59 Å². The third kappa shape index (κ3) is 3.09. The molecule has 3 heteroatoms. The van der Waals surface area contributed by atoms with Crippen LogP contribution in [0.4, 0.5) is 0 Å². The lowest BCUT2D eigenvalue weighted by atomic mass is 9.68. The van der Waals surface area contributed by atoms with E-state index in [0.717, 1.165) is 32.0 Å². The fourth-order valence-corrected chi connectivity index (χ4v) is 3.13. The van der Waals surface area contributed by atoms with Gasteiger partial charge >= 0.3 is 5.97 Å². The standard InChI is InChI=1S/C17H22O3/c1-17(11-6-3-7-12-18,14-8-4-2-5-9-14)15-10-13-20-16(15)19/h2,4-5,8-9,12,15H,3,6-7,10-11,13H2,1H3. The third-order valence-electron chi connectivity index (χ3n) is 4.41. The Morgan fingerprint density at radius 3 is 2.65 bits per heavy atom. The molecule has 20 heavy (non-hydrogen) atoms. The van der Waals surface area contributed by atoms with Crippen LogP contribution in [0.15, 0.2) is 30.3 Å². The van der Waals surface area contributed by atoms with Gasteiger partial charge in [0.15, 0.2) is 0 Å². The maximum absolute atomic E-state index is 12.0. The minimum absolute atomic E-state index is 0.0684. The van der Waals surface area contributed by atoms with E-state index in [2.05, 4.69) is 19.1 Å². The molecule has 1 aliphatic rings. The quantitative estimate of drug-likeness (QED) is 0.435. The molecule has 2 atom stereocenters. The number of hydrogen-bond acceptors (Lipinski definition) is 3. The van der Waals surface area contributed by atoms with Crippen LogP contribution in [0.2, 0.25) is 0 Å². The molecule has 0 aliphatic carbocycles. The van der Waals surface area contributed by atoms with Crippen LogP contribution in [0.3, 0.4) is 0 Å². The van der Waals surface area contributed by atoms with Gasteiger partial charge in [-0.05, 0) is 24.8 Å². The lowest BCUT2D eigenvalue weighted by Gasteiger charge is -2.34. The van der Waals surface area contributed by atoms with Gasteiger partial charge in [0.2, 0.25) is 0 Å². The van der Waals surface area contributed by atoms with Gasteiger partial charge in [-0.2, -0.15) is 0 Å². The first-order chi connectivity index (χ1) is 9.68. The van der Waals surface area contributed by atoms with Crippen molar-refractivity contribution in [2.24, 2.45) is 5.92 Å². The minimum Gasteiger partial charge on any atom is -0.465 e. The summed E-state index contributed by atoms with van der Waals surface area (Å²) in [6.07, 6.45) is 5.09. The zero-order valence-corrected chi connectivity index (χ0v) is 12.0. The number of aldehydes is 1. The Balaban J connectivity index is 2.18. The number of unbranched alkanes of at least 4 members (excludes halogenated alkanes) is 2. The summed E-state index contributed by atoms with van der Waals surface area (Å²) >= 11 is 0. The summed E-state index contributed by atoms with van der Waals surface area (Å²) in [6.45, 7) is 2.68. The van der Waals surface area contributed by atoms with Gasteiger partial charge in [-0.15, -0.1) is 0 Å². The van der Waals surface area contributed by atoms with Crippen LogP contribution in [-0.4, -0.2) is 18.9 Å². The van der Waals surface area contributed by atoms with Crippen molar-refractivity contribution in [1.82, 2.24) is 0 Å². The van der Waals surface area contributed by atoms with Gasteiger partial charge < -0.3 is 9.53 Å². The molecule has 0 spiro atoms. The van der Waals surface area contributed by atoms with Crippen molar-refractivity contribution in [2.75, 3.05) is 6.61 Å². The molecule has 1 aromatic rings. The van der Waals surface area contributed by atoms with E-state index in [-0.39, 0.29) is 17.3 Å². The van der Waals surface area contributed by atoms with Crippen LogP contribution < -0.4 is 0 Å². The van der Waals surface area contributed by atoms with Gasteiger partial charge in [0.25, 0.3) is 0 Å². The summed E-state index contributed by atoms with van der Waals surface area (Å²) in [7, 11) is 0. The summed E-state index contributed by atoms with van der Waals surface area (Å²) in [6, 6.07) is 10.2. The van der Waals surface area contributed by atoms with Crippen LogP contribution in [0.5, 0.6) is 0 Å². The first kappa shape index (κ1) is 14.8. The van der Waals surface area contributed by atoms with Crippen molar-refractivity contribution in [2.45, 2.75) is 44.4 Å². The number of benzene rings is 1. The summed E-state index contributed by atoms with van der Waals surface area (Å²) in [4.78, 5) is 22.4. The number of ether oxygens (including phenoxy) is 1. The number of cyclic esters (lactones) is 1. The molecule has 1 fully saturated rings. The van der Waals surface area contributed by atoms with Crippen molar-refractivity contribution >= 4 is 12.3 Å². The van der Waals surface area contributed by atoms with E-state index in [1.165, 1.54) is 5.56 Å². The van der Waals surface area contributed by atoms with Crippen LogP contribution in [0.25, 0.3) is 0 Å². The zero-order valence-electron chi connectivity index (χ0n) is 12.0. The van der Waals surface area contributed by atoms with Crippen molar-refractivity contribution in [3.8, 4) is 0 Å². The van der Waals surface area contributed by atoms with Gasteiger partial charge in [-0.25, -0.2) is 0 Å². The van der Waals surface area contributed by atoms with E-state index >= 15 is 0 Å². The highest BCUT2D eigenvalue weighted by molar-refractivity contribution is 5.76. The fourth-order valence-electron chi connectivity index (χ4n) is 3.13. The number of rotatable bonds is 7. The second-order valence-corrected chi connectivity index (χ2v) is 5.70. The Bertz CT molecular complexity index is 455. The molecule has 2 unspecified atom stereocenters. The van der Waals surface area contributed by atoms with Gasteiger partial charge in [-0.3, -0.25) is 4.79 Å². The number of carbonyl (C=O) groups is 2. The summed E-state index contributed by atoms with van der Waals surface area (Å²) in [5.41, 5.74) is 0.993. The average Bonchev–Trinajstić information content (AvgIpc) is 2.91. The molecule has 1 aliphatic heterocycles. The molecule has 3 nitrogen and oxygen atoms in total. The lowest BCUT2D eigenvalue weighted by molar-refractivity contribution is -0.143. The first-order valence-electron chi connectivity index (χ1n) is 7.34. The smallest absolute Gasteiger partial charge is 0.309 e. The molecular weight excluding hydrogens is 252 g/mol. The topological polar surface area (TPSA) is 43.4 Å². The van der Waals surface area contributed by atoms with Gasteiger partial charge in [0.1, 0.15) is 6.29 Å². The highest BCUT2D eigenvalue weighted by Gasteiger charge is 2.43. The van der Waals surface area contributed by atoms with E-state index in [4.69, 9.17) is 4.74 Å². The molecule has 0 bridgehead atoms. The zero-order chi connectivity index (χ0) is 14.4. The van der Waals surface area contributed by atoms with Gasteiger partial charge in [-0.1, -0.05) is 43.7 Å². The Morgan fingerprint density at radius 1 is 1.30 bits per heavy atom. The summed E-state index contributed by atoms with van der Waals surface area (Å²) in [5, 5.41) is 0. The van der Waals surface area contributed by atoms with Crippen molar-refractivity contribution in [3.63, 3.8) is 0 Å². The molecule has 0 N–H and O–H groups in total. The van der Waals surface area contributed by atoms with Gasteiger partial charge in [0.05, 0.1) is 12.5 Å². The number of carbonyl (C=O) groups excluding carboxylic acids is 2. The molecular formula is C17H22O3. The molecule has 1 heterocycles. The second kappa shape index (κ2) is 6.69. The lowest BCUT2D eigenvalue weighted by Crippen LogP contribution is -2.35. The molecule has 0 aromatic heterocycles. The Labute approximate surface area is 120 Å². The maximum Gasteiger partial charge on any atom is 0.309 e. The number of esters is 1. The van der Waals surface area contributed by atoms with Crippen molar-refractivity contribution < 1.29 is 14.3 Å². The molecule has 0 saturated carbocycles. The maximum atomic E-state index is 12.0. The molecule has 1 saturated heterocycles. The summed E-state index contributed by atoms with van der Waals surface area (Å²) < 4.78 is 5.17. The van der Waals surface area contributed by atoms with Crippen molar-refractivity contribution in [3.05, 3.63) is 35.9 Å². The van der Waals surface area contributed by atoms with Crippen molar-refractivity contribution in [1.29, 1.82) is 0 Å². The third-order valence-corrected chi connectivity index (χ3v) is 4.41. The van der Waals surface area contributed by atoms with E-state index in [0.29, 0.717) is 13.0 Å². The summed E-state index contributed by atoms with van der Waals surface area (Å²) in [5.74, 6) is -0.145. The van der Waals surface area contributed by atoms with Crippen LogP contribution >= 0.6 is 0 Å². The molecule has 1 aromatic carbocycles. The van der Waals surface area contributed by atoms with Crippen LogP contribution in [-0.2, 0) is 19.7 Å². The Kier molecular flexibility index (Phi) is 4.94.